The summed E-state index contributed by atoms with van der Waals surface area (Å²) in [6.07, 6.45) is 4.65. The summed E-state index contributed by atoms with van der Waals surface area (Å²) in [7, 11) is 0. The molecule has 0 bridgehead atoms. The minimum Gasteiger partial charge on any atom is -0.381 e. The van der Waals surface area contributed by atoms with Crippen molar-refractivity contribution < 1.29 is 14.4 Å². The molecule has 1 unspecified atom stereocenters. The minimum atomic E-state index is -0.439. The second-order valence-electron chi connectivity index (χ2n) is 4.73. The van der Waals surface area contributed by atoms with E-state index >= 15 is 0 Å². The van der Waals surface area contributed by atoms with Crippen LogP contribution in [0.4, 0.5) is 11.4 Å². The van der Waals surface area contributed by atoms with Crippen LogP contribution in [0, 0.1) is 16.0 Å². The van der Waals surface area contributed by atoms with Crippen molar-refractivity contribution in [3.8, 4) is 0 Å². The van der Waals surface area contributed by atoms with Gasteiger partial charge in [-0.15, -0.1) is 0 Å². The molecule has 0 aromatic carbocycles. The van der Waals surface area contributed by atoms with Gasteiger partial charge in [0.15, 0.2) is 0 Å². The maximum absolute atomic E-state index is 10.8. The zero-order valence-electron chi connectivity index (χ0n) is 11.3. The summed E-state index contributed by atoms with van der Waals surface area (Å²) in [5.74, 6) is 0.518. The summed E-state index contributed by atoms with van der Waals surface area (Å²) in [4.78, 5) is 14.1. The van der Waals surface area contributed by atoms with Crippen LogP contribution in [0.25, 0.3) is 0 Å². The average molecular weight is 281 g/mol. The Morgan fingerprint density at radius 1 is 1.60 bits per heavy atom. The third-order valence-electron chi connectivity index (χ3n) is 3.16. The van der Waals surface area contributed by atoms with E-state index in [-0.39, 0.29) is 5.69 Å². The molecule has 1 aromatic rings. The molecule has 0 spiro atoms. The fourth-order valence-electron chi connectivity index (χ4n) is 2.04. The second-order valence-corrected chi connectivity index (χ2v) is 4.73. The number of ether oxygens (including phenoxy) is 2. The van der Waals surface area contributed by atoms with Gasteiger partial charge in [-0.1, -0.05) is 0 Å². The number of anilines is 1. The molecule has 2 heterocycles. The van der Waals surface area contributed by atoms with Crippen LogP contribution >= 0.6 is 0 Å². The molecular weight excluding hydrogens is 262 g/mol. The quantitative estimate of drug-likeness (QED) is 0.444. The van der Waals surface area contributed by atoms with E-state index in [0.29, 0.717) is 24.8 Å². The molecule has 2 rings (SSSR count). The standard InChI is InChI=1S/C13H19N3O4/c17-16(18)13-8-14-5-2-12(13)15-4-1-6-19-9-11-3-7-20-10-11/h2,5,8,11H,1,3-4,6-7,9-10H2,(H,14,15). The largest absolute Gasteiger partial charge is 0.381 e. The third-order valence-corrected chi connectivity index (χ3v) is 3.16. The molecule has 1 N–H and O–H groups in total. The van der Waals surface area contributed by atoms with Crippen LogP contribution in [0.5, 0.6) is 0 Å². The van der Waals surface area contributed by atoms with Gasteiger partial charge in [0, 0.05) is 31.9 Å². The van der Waals surface area contributed by atoms with E-state index < -0.39 is 4.92 Å². The van der Waals surface area contributed by atoms with Gasteiger partial charge in [-0.3, -0.25) is 15.1 Å². The lowest BCUT2D eigenvalue weighted by Crippen LogP contribution is -2.12. The first-order chi connectivity index (χ1) is 9.77. The molecule has 0 radical (unpaired) electrons. The molecule has 0 saturated carbocycles. The predicted octanol–water partition coefficient (Wildman–Crippen LogP) is 1.84. The SMILES string of the molecule is O=[N+]([O-])c1cnccc1NCCCOCC1CCOC1. The van der Waals surface area contributed by atoms with Crippen molar-refractivity contribution >= 4 is 11.4 Å². The number of aromatic nitrogens is 1. The van der Waals surface area contributed by atoms with Crippen molar-refractivity contribution in [1.29, 1.82) is 0 Å². The van der Waals surface area contributed by atoms with Crippen LogP contribution in [-0.4, -0.2) is 42.9 Å². The molecule has 1 aliphatic rings. The normalized spacial score (nSPS) is 18.1. The van der Waals surface area contributed by atoms with Crippen molar-refractivity contribution in [2.75, 3.05) is 38.3 Å². The number of pyridine rings is 1. The van der Waals surface area contributed by atoms with E-state index in [1.165, 1.54) is 12.4 Å². The van der Waals surface area contributed by atoms with Gasteiger partial charge in [0.1, 0.15) is 11.9 Å². The third kappa shape index (κ3) is 4.43. The average Bonchev–Trinajstić information content (AvgIpc) is 2.96. The maximum atomic E-state index is 10.8. The zero-order valence-corrected chi connectivity index (χ0v) is 11.3. The van der Waals surface area contributed by atoms with Crippen molar-refractivity contribution in [2.45, 2.75) is 12.8 Å². The highest BCUT2D eigenvalue weighted by molar-refractivity contribution is 5.59. The summed E-state index contributed by atoms with van der Waals surface area (Å²) in [5, 5.41) is 13.8. The lowest BCUT2D eigenvalue weighted by molar-refractivity contribution is -0.384. The van der Waals surface area contributed by atoms with Crippen LogP contribution < -0.4 is 5.32 Å². The Hall–Kier alpha value is -1.73. The lowest BCUT2D eigenvalue weighted by Gasteiger charge is -2.09. The van der Waals surface area contributed by atoms with E-state index in [0.717, 1.165) is 32.7 Å². The molecule has 20 heavy (non-hydrogen) atoms. The number of nitrogens with zero attached hydrogens (tertiary/aromatic N) is 2. The van der Waals surface area contributed by atoms with Gasteiger partial charge < -0.3 is 14.8 Å². The maximum Gasteiger partial charge on any atom is 0.310 e. The monoisotopic (exact) mass is 281 g/mol. The molecule has 110 valence electrons. The Balaban J connectivity index is 1.62. The molecule has 0 aliphatic carbocycles. The fourth-order valence-corrected chi connectivity index (χ4v) is 2.04. The summed E-state index contributed by atoms with van der Waals surface area (Å²) in [6.45, 7) is 3.63. The van der Waals surface area contributed by atoms with E-state index in [1.54, 1.807) is 6.07 Å². The number of nitro groups is 1. The Morgan fingerprint density at radius 3 is 3.25 bits per heavy atom. The highest BCUT2D eigenvalue weighted by atomic mass is 16.6. The number of hydrogen-bond acceptors (Lipinski definition) is 6. The molecule has 7 heteroatoms. The van der Waals surface area contributed by atoms with Crippen LogP contribution in [0.15, 0.2) is 18.5 Å². The zero-order chi connectivity index (χ0) is 14.2. The predicted molar refractivity (Wildman–Crippen MR) is 73.7 cm³/mol. The highest BCUT2D eigenvalue weighted by Crippen LogP contribution is 2.21. The Morgan fingerprint density at radius 2 is 2.50 bits per heavy atom. The first-order valence-electron chi connectivity index (χ1n) is 6.75. The van der Waals surface area contributed by atoms with E-state index in [9.17, 15) is 10.1 Å². The van der Waals surface area contributed by atoms with Gasteiger partial charge in [-0.25, -0.2) is 0 Å². The van der Waals surface area contributed by atoms with E-state index in [4.69, 9.17) is 9.47 Å². The van der Waals surface area contributed by atoms with Crippen molar-refractivity contribution in [3.05, 3.63) is 28.6 Å². The fraction of sp³-hybridized carbons (Fsp3) is 0.615. The van der Waals surface area contributed by atoms with Gasteiger partial charge in [0.2, 0.25) is 0 Å². The van der Waals surface area contributed by atoms with Crippen molar-refractivity contribution in [2.24, 2.45) is 5.92 Å². The van der Waals surface area contributed by atoms with Crippen LogP contribution in [0.2, 0.25) is 0 Å². The smallest absolute Gasteiger partial charge is 0.310 e. The molecule has 1 atom stereocenters. The summed E-state index contributed by atoms with van der Waals surface area (Å²) >= 11 is 0. The van der Waals surface area contributed by atoms with E-state index in [1.807, 2.05) is 0 Å². The molecule has 7 nitrogen and oxygen atoms in total. The highest BCUT2D eigenvalue weighted by Gasteiger charge is 2.15. The Labute approximate surface area is 117 Å². The topological polar surface area (TPSA) is 86.5 Å². The Kier molecular flexibility index (Phi) is 5.69. The van der Waals surface area contributed by atoms with Crippen LogP contribution in [0.1, 0.15) is 12.8 Å². The first kappa shape index (κ1) is 14.7. The molecule has 1 saturated heterocycles. The lowest BCUT2D eigenvalue weighted by atomic mass is 10.1. The van der Waals surface area contributed by atoms with Gasteiger partial charge >= 0.3 is 5.69 Å². The Bertz CT molecular complexity index is 435. The van der Waals surface area contributed by atoms with Gasteiger partial charge in [-0.2, -0.15) is 0 Å². The first-order valence-corrected chi connectivity index (χ1v) is 6.75. The molecule has 1 aliphatic heterocycles. The van der Waals surface area contributed by atoms with Gasteiger partial charge in [-0.05, 0) is 18.9 Å². The summed E-state index contributed by atoms with van der Waals surface area (Å²) in [6, 6.07) is 1.61. The van der Waals surface area contributed by atoms with Gasteiger partial charge in [0.25, 0.3) is 0 Å². The van der Waals surface area contributed by atoms with E-state index in [2.05, 4.69) is 10.3 Å². The number of rotatable bonds is 8. The second kappa shape index (κ2) is 7.76. The summed E-state index contributed by atoms with van der Waals surface area (Å²) < 4.78 is 10.8. The van der Waals surface area contributed by atoms with Gasteiger partial charge in [0.05, 0.1) is 18.1 Å². The molecule has 0 amide bonds. The van der Waals surface area contributed by atoms with Crippen LogP contribution in [-0.2, 0) is 9.47 Å². The minimum absolute atomic E-state index is 0.00322. The molecule has 1 fully saturated rings. The van der Waals surface area contributed by atoms with Crippen molar-refractivity contribution in [1.82, 2.24) is 4.98 Å². The number of nitrogens with one attached hydrogen (secondary N) is 1. The van der Waals surface area contributed by atoms with Crippen LogP contribution in [0.3, 0.4) is 0 Å². The summed E-state index contributed by atoms with van der Waals surface area (Å²) in [5.41, 5.74) is 0.491. The number of hydrogen-bond donors (Lipinski definition) is 1. The van der Waals surface area contributed by atoms with Crippen molar-refractivity contribution in [3.63, 3.8) is 0 Å². The molecular formula is C13H19N3O4. The molecule has 1 aromatic heterocycles.